The van der Waals surface area contributed by atoms with E-state index >= 15 is 0 Å². The lowest BCUT2D eigenvalue weighted by Gasteiger charge is -2.33. The van der Waals surface area contributed by atoms with Gasteiger partial charge in [-0.3, -0.25) is 4.79 Å². The van der Waals surface area contributed by atoms with Gasteiger partial charge in [0, 0.05) is 20.0 Å². The highest BCUT2D eigenvalue weighted by Crippen LogP contribution is 2.15. The standard InChI is InChI=1S/C12H18N2O3/c1-11(17)14(12-5-3-2-4-6-12)13(7-9-15)8-10-16/h2-6,15-16H,7-10H2,1H3. The van der Waals surface area contributed by atoms with E-state index in [2.05, 4.69) is 0 Å². The van der Waals surface area contributed by atoms with Gasteiger partial charge in [-0.15, -0.1) is 0 Å². The third kappa shape index (κ3) is 3.81. The number of hydrogen-bond donors (Lipinski definition) is 2. The van der Waals surface area contributed by atoms with Crippen LogP contribution in [0.4, 0.5) is 5.69 Å². The molecule has 0 spiro atoms. The van der Waals surface area contributed by atoms with Crippen LogP contribution in [-0.2, 0) is 4.79 Å². The van der Waals surface area contributed by atoms with Crippen LogP contribution in [0.3, 0.4) is 0 Å². The first-order valence-corrected chi connectivity index (χ1v) is 5.53. The number of hydrogen-bond acceptors (Lipinski definition) is 4. The maximum absolute atomic E-state index is 11.7. The quantitative estimate of drug-likeness (QED) is 0.697. The smallest absolute Gasteiger partial charge is 0.238 e. The van der Waals surface area contributed by atoms with Crippen molar-refractivity contribution < 1.29 is 15.0 Å². The summed E-state index contributed by atoms with van der Waals surface area (Å²) in [5.74, 6) is -0.155. The van der Waals surface area contributed by atoms with Crippen LogP contribution in [0.5, 0.6) is 0 Å². The predicted octanol–water partition coefficient (Wildman–Crippen LogP) is 0.241. The van der Waals surface area contributed by atoms with E-state index in [1.165, 1.54) is 11.9 Å². The normalized spacial score (nSPS) is 10.6. The zero-order valence-corrected chi connectivity index (χ0v) is 9.91. The van der Waals surface area contributed by atoms with Gasteiger partial charge in [0.05, 0.1) is 18.9 Å². The molecular formula is C12H18N2O3. The Kier molecular flexibility index (Phi) is 5.62. The Hall–Kier alpha value is -1.43. The highest BCUT2D eigenvalue weighted by atomic mass is 16.3. The first-order valence-electron chi connectivity index (χ1n) is 5.53. The molecule has 0 aliphatic carbocycles. The van der Waals surface area contributed by atoms with Gasteiger partial charge in [0.25, 0.3) is 0 Å². The molecule has 1 aromatic rings. The van der Waals surface area contributed by atoms with E-state index < -0.39 is 0 Å². The van der Waals surface area contributed by atoms with Gasteiger partial charge >= 0.3 is 0 Å². The number of rotatable bonds is 6. The fourth-order valence-electron chi connectivity index (χ4n) is 1.66. The summed E-state index contributed by atoms with van der Waals surface area (Å²) in [6.07, 6.45) is 0. The molecule has 0 aliphatic heterocycles. The molecule has 0 fully saturated rings. The van der Waals surface area contributed by atoms with Crippen molar-refractivity contribution in [1.82, 2.24) is 5.01 Å². The molecule has 0 radical (unpaired) electrons. The highest BCUT2D eigenvalue weighted by Gasteiger charge is 2.19. The van der Waals surface area contributed by atoms with Crippen LogP contribution >= 0.6 is 0 Å². The molecule has 0 aromatic heterocycles. The molecule has 1 aromatic carbocycles. The lowest BCUT2D eigenvalue weighted by molar-refractivity contribution is -0.119. The van der Waals surface area contributed by atoms with Gasteiger partial charge < -0.3 is 10.2 Å². The second-order valence-electron chi connectivity index (χ2n) is 3.57. The number of carbonyl (C=O) groups is 1. The molecule has 1 rings (SSSR count). The average molecular weight is 238 g/mol. The van der Waals surface area contributed by atoms with Crippen molar-refractivity contribution in [3.8, 4) is 0 Å². The summed E-state index contributed by atoms with van der Waals surface area (Å²) >= 11 is 0. The molecule has 5 nitrogen and oxygen atoms in total. The van der Waals surface area contributed by atoms with Crippen LogP contribution < -0.4 is 5.01 Å². The van der Waals surface area contributed by atoms with E-state index in [1.54, 1.807) is 5.01 Å². The maximum Gasteiger partial charge on any atom is 0.238 e. The number of aliphatic hydroxyl groups is 2. The third-order valence-electron chi connectivity index (χ3n) is 2.30. The van der Waals surface area contributed by atoms with E-state index in [0.717, 1.165) is 5.69 Å². The molecule has 0 aliphatic rings. The zero-order valence-electron chi connectivity index (χ0n) is 9.91. The summed E-state index contributed by atoms with van der Waals surface area (Å²) in [4.78, 5) is 11.7. The molecule has 0 bridgehead atoms. The summed E-state index contributed by atoms with van der Waals surface area (Å²) in [6, 6.07) is 9.15. The molecule has 5 heteroatoms. The highest BCUT2D eigenvalue weighted by molar-refractivity contribution is 5.90. The largest absolute Gasteiger partial charge is 0.395 e. The monoisotopic (exact) mass is 238 g/mol. The number of hydrazine groups is 1. The van der Waals surface area contributed by atoms with Crippen LogP contribution in [0.15, 0.2) is 30.3 Å². The molecule has 0 atom stereocenters. The summed E-state index contributed by atoms with van der Waals surface area (Å²) in [6.45, 7) is 1.91. The first-order chi connectivity index (χ1) is 8.20. The number of anilines is 1. The van der Waals surface area contributed by atoms with Gasteiger partial charge in [-0.05, 0) is 12.1 Å². The number of amides is 1. The van der Waals surface area contributed by atoms with Gasteiger partial charge in [0.1, 0.15) is 0 Å². The Labute approximate surface area is 101 Å². The van der Waals surface area contributed by atoms with Crippen LogP contribution in [0.1, 0.15) is 6.92 Å². The van der Waals surface area contributed by atoms with E-state index in [4.69, 9.17) is 10.2 Å². The zero-order chi connectivity index (χ0) is 12.7. The second-order valence-corrected chi connectivity index (χ2v) is 3.57. The fourth-order valence-corrected chi connectivity index (χ4v) is 1.66. The minimum atomic E-state index is -0.155. The minimum Gasteiger partial charge on any atom is -0.395 e. The Bertz CT molecular complexity index is 337. The topological polar surface area (TPSA) is 64.0 Å². The summed E-state index contributed by atoms with van der Waals surface area (Å²) in [5, 5.41) is 21.0. The summed E-state index contributed by atoms with van der Waals surface area (Å²) in [7, 11) is 0. The fraction of sp³-hybridized carbons (Fsp3) is 0.417. The predicted molar refractivity (Wildman–Crippen MR) is 65.3 cm³/mol. The minimum absolute atomic E-state index is 0.0728. The van der Waals surface area contributed by atoms with Crippen molar-refractivity contribution in [2.24, 2.45) is 0 Å². The number of benzene rings is 1. The Morgan fingerprint density at radius 2 is 1.65 bits per heavy atom. The summed E-state index contributed by atoms with van der Waals surface area (Å²) < 4.78 is 0. The van der Waals surface area contributed by atoms with E-state index in [1.807, 2.05) is 30.3 Å². The lowest BCUT2D eigenvalue weighted by Crippen LogP contribution is -2.48. The van der Waals surface area contributed by atoms with Crippen LogP contribution in [0, 0.1) is 0 Å². The average Bonchev–Trinajstić information content (AvgIpc) is 2.31. The second kappa shape index (κ2) is 7.01. The van der Waals surface area contributed by atoms with Gasteiger partial charge in [0.15, 0.2) is 0 Å². The Balaban J connectivity index is 2.94. The van der Waals surface area contributed by atoms with Gasteiger partial charge in [-0.25, -0.2) is 10.0 Å². The maximum atomic E-state index is 11.7. The number of nitrogens with zero attached hydrogens (tertiary/aromatic N) is 2. The molecule has 0 heterocycles. The number of para-hydroxylation sites is 1. The molecule has 0 unspecified atom stereocenters. The van der Waals surface area contributed by atoms with Crippen molar-refractivity contribution in [3.63, 3.8) is 0 Å². The molecule has 2 N–H and O–H groups in total. The molecule has 0 saturated heterocycles. The number of aliphatic hydroxyl groups excluding tert-OH is 2. The van der Waals surface area contributed by atoms with Crippen molar-refractivity contribution >= 4 is 11.6 Å². The van der Waals surface area contributed by atoms with Gasteiger partial charge in [0.2, 0.25) is 5.91 Å². The lowest BCUT2D eigenvalue weighted by atomic mass is 10.3. The summed E-state index contributed by atoms with van der Waals surface area (Å²) in [5.41, 5.74) is 0.724. The van der Waals surface area contributed by atoms with Crippen molar-refractivity contribution in [3.05, 3.63) is 30.3 Å². The molecule has 94 valence electrons. The first kappa shape index (κ1) is 13.6. The molecule has 17 heavy (non-hydrogen) atoms. The van der Waals surface area contributed by atoms with Crippen LogP contribution in [0.25, 0.3) is 0 Å². The van der Waals surface area contributed by atoms with Crippen LogP contribution in [0.2, 0.25) is 0 Å². The van der Waals surface area contributed by atoms with Crippen molar-refractivity contribution in [1.29, 1.82) is 0 Å². The van der Waals surface area contributed by atoms with Crippen molar-refractivity contribution in [2.75, 3.05) is 31.3 Å². The Morgan fingerprint density at radius 3 is 2.06 bits per heavy atom. The SMILES string of the molecule is CC(=O)N(c1ccccc1)N(CCO)CCO. The Morgan fingerprint density at radius 1 is 1.12 bits per heavy atom. The van der Waals surface area contributed by atoms with Crippen LogP contribution in [-0.4, -0.2) is 47.4 Å². The molecule has 1 amide bonds. The third-order valence-corrected chi connectivity index (χ3v) is 2.30. The number of carbonyl (C=O) groups excluding carboxylic acids is 1. The van der Waals surface area contributed by atoms with E-state index in [0.29, 0.717) is 13.1 Å². The molecule has 0 saturated carbocycles. The van der Waals surface area contributed by atoms with Gasteiger partial charge in [-0.1, -0.05) is 18.2 Å². The van der Waals surface area contributed by atoms with E-state index in [9.17, 15) is 4.79 Å². The molecular weight excluding hydrogens is 220 g/mol. The van der Waals surface area contributed by atoms with Gasteiger partial charge in [-0.2, -0.15) is 0 Å². The van der Waals surface area contributed by atoms with E-state index in [-0.39, 0.29) is 19.1 Å². The van der Waals surface area contributed by atoms with Crippen molar-refractivity contribution in [2.45, 2.75) is 6.92 Å².